The van der Waals surface area contributed by atoms with Crippen LogP contribution in [-0.2, 0) is 11.3 Å². The maximum absolute atomic E-state index is 13.0. The molecule has 1 unspecified atom stereocenters. The Morgan fingerprint density at radius 3 is 2.68 bits per heavy atom. The summed E-state index contributed by atoms with van der Waals surface area (Å²) in [5, 5.41) is 13.8. The predicted octanol–water partition coefficient (Wildman–Crippen LogP) is 1.90. The Kier molecular flexibility index (Phi) is 4.57. The van der Waals surface area contributed by atoms with E-state index >= 15 is 0 Å². The smallest absolute Gasteiger partial charge is 0.311 e. The molecule has 0 saturated carbocycles. The molecule has 1 aliphatic heterocycles. The van der Waals surface area contributed by atoms with Crippen molar-refractivity contribution in [3.63, 3.8) is 0 Å². The maximum atomic E-state index is 13.0. The summed E-state index contributed by atoms with van der Waals surface area (Å²) in [7, 11) is 0. The van der Waals surface area contributed by atoms with E-state index in [1.54, 1.807) is 22.0 Å². The van der Waals surface area contributed by atoms with E-state index in [4.69, 9.17) is 0 Å². The van der Waals surface area contributed by atoms with Crippen LogP contribution in [0, 0.1) is 11.3 Å². The lowest BCUT2D eigenvalue weighted by Gasteiger charge is -2.28. The van der Waals surface area contributed by atoms with E-state index in [-0.39, 0.29) is 18.4 Å². The van der Waals surface area contributed by atoms with Crippen LogP contribution in [0.4, 0.5) is 0 Å². The highest BCUT2D eigenvalue weighted by molar-refractivity contribution is 5.96. The zero-order valence-electron chi connectivity index (χ0n) is 14.4. The number of hydrogen-bond donors (Lipinski definition) is 1. The first-order valence-corrected chi connectivity index (χ1v) is 8.37. The molecule has 132 valence electrons. The third-order valence-electron chi connectivity index (χ3n) is 5.17. The summed E-state index contributed by atoms with van der Waals surface area (Å²) in [6, 6.07) is 7.37. The molecule has 1 aromatic heterocycles. The van der Waals surface area contributed by atoms with Gasteiger partial charge in [0.15, 0.2) is 0 Å². The lowest BCUT2D eigenvalue weighted by molar-refractivity contribution is -0.150. The monoisotopic (exact) mass is 342 g/mol. The van der Waals surface area contributed by atoms with Crippen molar-refractivity contribution in [2.45, 2.75) is 26.8 Å². The molecule has 1 aliphatic rings. The Hall–Kier alpha value is -2.70. The molecule has 0 aliphatic carbocycles. The normalized spacial score (nSPS) is 20.2. The molecule has 0 radical (unpaired) electrons. The van der Waals surface area contributed by atoms with Gasteiger partial charge in [0, 0.05) is 18.7 Å². The maximum Gasteiger partial charge on any atom is 0.311 e. The largest absolute Gasteiger partial charge is 0.481 e. The van der Waals surface area contributed by atoms with Crippen molar-refractivity contribution in [1.82, 2.24) is 19.7 Å². The molecule has 1 N–H and O–H groups in total. The van der Waals surface area contributed by atoms with Gasteiger partial charge in [-0.1, -0.05) is 32.0 Å². The van der Waals surface area contributed by atoms with Gasteiger partial charge >= 0.3 is 5.97 Å². The van der Waals surface area contributed by atoms with Crippen LogP contribution in [0.15, 0.2) is 36.9 Å². The zero-order valence-corrected chi connectivity index (χ0v) is 14.4. The molecule has 1 fully saturated rings. The molecule has 1 amide bonds. The first-order valence-electron chi connectivity index (χ1n) is 8.37. The highest BCUT2D eigenvalue weighted by atomic mass is 16.4. The molecule has 2 aromatic rings. The minimum Gasteiger partial charge on any atom is -0.481 e. The number of rotatable bonds is 5. The molecule has 2 heterocycles. The van der Waals surface area contributed by atoms with Gasteiger partial charge in [-0.3, -0.25) is 9.59 Å². The third-order valence-corrected chi connectivity index (χ3v) is 5.17. The van der Waals surface area contributed by atoms with Crippen molar-refractivity contribution >= 4 is 11.9 Å². The molecule has 25 heavy (non-hydrogen) atoms. The first kappa shape index (κ1) is 17.1. The van der Waals surface area contributed by atoms with Crippen molar-refractivity contribution in [3.8, 4) is 0 Å². The first-order chi connectivity index (χ1) is 11.9. The molecule has 1 atom stereocenters. The van der Waals surface area contributed by atoms with Crippen LogP contribution in [0.25, 0.3) is 0 Å². The molecule has 7 heteroatoms. The summed E-state index contributed by atoms with van der Waals surface area (Å²) in [5.74, 6) is -0.985. The lowest BCUT2D eigenvalue weighted by Crippen LogP contribution is -2.40. The van der Waals surface area contributed by atoms with E-state index in [9.17, 15) is 14.7 Å². The molecule has 0 bridgehead atoms. The van der Waals surface area contributed by atoms with Crippen LogP contribution < -0.4 is 0 Å². The van der Waals surface area contributed by atoms with Gasteiger partial charge in [-0.15, -0.1) is 0 Å². The molecule has 7 nitrogen and oxygen atoms in total. The van der Waals surface area contributed by atoms with E-state index in [1.807, 2.05) is 32.0 Å². The predicted molar refractivity (Wildman–Crippen MR) is 91.0 cm³/mol. The summed E-state index contributed by atoms with van der Waals surface area (Å²) in [6.07, 6.45) is 3.54. The number of hydrogen-bond acceptors (Lipinski definition) is 4. The summed E-state index contributed by atoms with van der Waals surface area (Å²) in [4.78, 5) is 30.4. The fourth-order valence-corrected chi connectivity index (χ4v) is 3.43. The molecule has 3 rings (SSSR count). The van der Waals surface area contributed by atoms with Crippen LogP contribution in [0.5, 0.6) is 0 Å². The number of aromatic nitrogens is 3. The van der Waals surface area contributed by atoms with Gasteiger partial charge in [-0.2, -0.15) is 5.10 Å². The van der Waals surface area contributed by atoms with E-state index in [0.717, 1.165) is 5.56 Å². The van der Waals surface area contributed by atoms with Gasteiger partial charge in [-0.25, -0.2) is 9.67 Å². The number of carbonyl (C=O) groups excluding carboxylic acids is 1. The Balaban J connectivity index is 1.84. The molecular formula is C18H22N4O3. The average molecular weight is 342 g/mol. The van der Waals surface area contributed by atoms with Gasteiger partial charge in [-0.05, 0) is 24.0 Å². The summed E-state index contributed by atoms with van der Waals surface area (Å²) < 4.78 is 1.66. The summed E-state index contributed by atoms with van der Waals surface area (Å²) in [5.41, 5.74) is 0.564. The second-order valence-electron chi connectivity index (χ2n) is 6.84. The standard InChI is InChI=1S/C18H22N4O3/c1-13(2)18(17(24)25)7-8-21(10-18)16(23)15-6-4-3-5-14(15)9-22-12-19-11-20-22/h3-6,11-13H,7-10H2,1-2H3,(H,24,25). The number of nitrogens with zero attached hydrogens (tertiary/aromatic N) is 4. The Morgan fingerprint density at radius 1 is 1.32 bits per heavy atom. The van der Waals surface area contributed by atoms with Gasteiger partial charge in [0.1, 0.15) is 12.7 Å². The second kappa shape index (κ2) is 6.66. The van der Waals surface area contributed by atoms with Crippen molar-refractivity contribution in [2.24, 2.45) is 11.3 Å². The topological polar surface area (TPSA) is 88.3 Å². The fourth-order valence-electron chi connectivity index (χ4n) is 3.43. The van der Waals surface area contributed by atoms with Crippen LogP contribution in [0.2, 0.25) is 0 Å². The highest BCUT2D eigenvalue weighted by Gasteiger charge is 2.48. The number of carboxylic acid groups (broad SMARTS) is 1. The zero-order chi connectivity index (χ0) is 18.0. The van der Waals surface area contributed by atoms with E-state index in [0.29, 0.717) is 25.1 Å². The summed E-state index contributed by atoms with van der Waals surface area (Å²) in [6.45, 7) is 4.96. The number of amides is 1. The van der Waals surface area contributed by atoms with Crippen LogP contribution in [0.3, 0.4) is 0 Å². The van der Waals surface area contributed by atoms with E-state index in [2.05, 4.69) is 10.1 Å². The number of benzene rings is 1. The highest BCUT2D eigenvalue weighted by Crippen LogP contribution is 2.38. The van der Waals surface area contributed by atoms with Crippen molar-refractivity contribution in [1.29, 1.82) is 0 Å². The second-order valence-corrected chi connectivity index (χ2v) is 6.84. The fraction of sp³-hybridized carbons (Fsp3) is 0.444. The Bertz CT molecular complexity index is 772. The molecule has 0 spiro atoms. The quantitative estimate of drug-likeness (QED) is 0.896. The van der Waals surface area contributed by atoms with Gasteiger partial charge < -0.3 is 10.0 Å². The lowest BCUT2D eigenvalue weighted by atomic mass is 9.76. The number of likely N-dealkylation sites (tertiary alicyclic amines) is 1. The van der Waals surface area contributed by atoms with Gasteiger partial charge in [0.2, 0.25) is 0 Å². The molecule has 1 aromatic carbocycles. The van der Waals surface area contributed by atoms with Gasteiger partial charge in [0.25, 0.3) is 5.91 Å². The van der Waals surface area contributed by atoms with Crippen LogP contribution in [-0.4, -0.2) is 49.7 Å². The van der Waals surface area contributed by atoms with Crippen molar-refractivity contribution in [2.75, 3.05) is 13.1 Å². The van der Waals surface area contributed by atoms with E-state index in [1.165, 1.54) is 6.33 Å². The molecular weight excluding hydrogens is 320 g/mol. The van der Waals surface area contributed by atoms with Crippen LogP contribution >= 0.6 is 0 Å². The third kappa shape index (κ3) is 3.14. The van der Waals surface area contributed by atoms with Crippen molar-refractivity contribution < 1.29 is 14.7 Å². The Labute approximate surface area is 146 Å². The van der Waals surface area contributed by atoms with Crippen molar-refractivity contribution in [3.05, 3.63) is 48.0 Å². The summed E-state index contributed by atoms with van der Waals surface area (Å²) >= 11 is 0. The molecule has 1 saturated heterocycles. The minimum absolute atomic E-state index is 0.0341. The van der Waals surface area contributed by atoms with Gasteiger partial charge in [0.05, 0.1) is 12.0 Å². The average Bonchev–Trinajstić information content (AvgIpc) is 3.25. The Morgan fingerprint density at radius 2 is 2.08 bits per heavy atom. The minimum atomic E-state index is -0.865. The number of aliphatic carboxylic acids is 1. The van der Waals surface area contributed by atoms with E-state index < -0.39 is 11.4 Å². The number of carboxylic acids is 1. The SMILES string of the molecule is CC(C)C1(C(=O)O)CCN(C(=O)c2ccccc2Cn2cncn2)C1. The van der Waals surface area contributed by atoms with Crippen LogP contribution in [0.1, 0.15) is 36.2 Å². The number of carbonyl (C=O) groups is 2.